The van der Waals surface area contributed by atoms with Crippen LogP contribution in [0.25, 0.3) is 0 Å². The van der Waals surface area contributed by atoms with E-state index in [4.69, 9.17) is 0 Å². The van der Waals surface area contributed by atoms with Crippen molar-refractivity contribution in [3.05, 3.63) is 34.9 Å². The van der Waals surface area contributed by atoms with Crippen LogP contribution in [0.4, 0.5) is 17.6 Å². The molecule has 15 heavy (non-hydrogen) atoms. The highest BCUT2D eigenvalue weighted by atomic mass is 19.2. The number of rotatable bonds is 4. The molecule has 0 aliphatic heterocycles. The third kappa shape index (κ3) is 2.70. The molecule has 0 bridgehead atoms. The standard InChI is InChI=1S/C11H12F4/c1-2-3-4-5-7-10(14)8(12)6-9(13)11(7)15/h6H,2-5H2,1H3. The summed E-state index contributed by atoms with van der Waals surface area (Å²) in [4.78, 5) is 0. The molecule has 1 aromatic rings. The van der Waals surface area contributed by atoms with Crippen LogP contribution in [0.3, 0.4) is 0 Å². The summed E-state index contributed by atoms with van der Waals surface area (Å²) in [7, 11) is 0. The van der Waals surface area contributed by atoms with Crippen molar-refractivity contribution < 1.29 is 17.6 Å². The Labute approximate surface area is 85.9 Å². The summed E-state index contributed by atoms with van der Waals surface area (Å²) < 4.78 is 51.7. The SMILES string of the molecule is CCCCCc1c(F)c(F)cc(F)c1F. The van der Waals surface area contributed by atoms with E-state index in [2.05, 4.69) is 0 Å². The Morgan fingerprint density at radius 2 is 1.47 bits per heavy atom. The quantitative estimate of drug-likeness (QED) is 0.409. The van der Waals surface area contributed by atoms with Crippen LogP contribution in [-0.2, 0) is 6.42 Å². The topological polar surface area (TPSA) is 0 Å². The summed E-state index contributed by atoms with van der Waals surface area (Å²) in [5, 5.41) is 0. The van der Waals surface area contributed by atoms with Crippen molar-refractivity contribution >= 4 is 0 Å². The first kappa shape index (κ1) is 12.0. The minimum Gasteiger partial charge on any atom is -0.204 e. The second-order valence-electron chi connectivity index (χ2n) is 3.40. The molecular weight excluding hydrogens is 208 g/mol. The van der Waals surface area contributed by atoms with Crippen LogP contribution in [0.5, 0.6) is 0 Å². The first-order valence-corrected chi connectivity index (χ1v) is 4.89. The van der Waals surface area contributed by atoms with Crippen molar-refractivity contribution in [3.8, 4) is 0 Å². The van der Waals surface area contributed by atoms with Crippen LogP contribution in [0, 0.1) is 23.3 Å². The van der Waals surface area contributed by atoms with Gasteiger partial charge in [0.25, 0.3) is 0 Å². The molecule has 0 spiro atoms. The Bertz CT molecular complexity index is 321. The maximum Gasteiger partial charge on any atom is 0.165 e. The molecular formula is C11H12F4. The third-order valence-corrected chi connectivity index (χ3v) is 2.23. The normalized spacial score (nSPS) is 10.7. The number of halogens is 4. The van der Waals surface area contributed by atoms with Crippen molar-refractivity contribution in [1.82, 2.24) is 0 Å². The fraction of sp³-hybridized carbons (Fsp3) is 0.455. The summed E-state index contributed by atoms with van der Waals surface area (Å²) in [5.74, 6) is -5.21. The molecule has 0 atom stereocenters. The number of benzene rings is 1. The molecule has 0 saturated carbocycles. The second kappa shape index (κ2) is 5.14. The second-order valence-corrected chi connectivity index (χ2v) is 3.40. The van der Waals surface area contributed by atoms with Crippen molar-refractivity contribution in [2.24, 2.45) is 0 Å². The van der Waals surface area contributed by atoms with E-state index in [-0.39, 0.29) is 12.5 Å². The Morgan fingerprint density at radius 3 is 1.93 bits per heavy atom. The Kier molecular flexibility index (Phi) is 4.12. The van der Waals surface area contributed by atoms with Crippen LogP contribution in [0.15, 0.2) is 6.07 Å². The fourth-order valence-corrected chi connectivity index (χ4v) is 1.39. The first-order valence-electron chi connectivity index (χ1n) is 4.89. The number of hydrogen-bond acceptors (Lipinski definition) is 0. The lowest BCUT2D eigenvalue weighted by Crippen LogP contribution is -2.02. The van der Waals surface area contributed by atoms with Gasteiger partial charge in [-0.1, -0.05) is 19.8 Å². The van der Waals surface area contributed by atoms with Crippen molar-refractivity contribution in [3.63, 3.8) is 0 Å². The number of unbranched alkanes of at least 4 members (excludes halogenated alkanes) is 2. The monoisotopic (exact) mass is 220 g/mol. The first-order chi connectivity index (χ1) is 7.07. The lowest BCUT2D eigenvalue weighted by Gasteiger charge is -2.06. The highest BCUT2D eigenvalue weighted by Crippen LogP contribution is 2.21. The summed E-state index contributed by atoms with van der Waals surface area (Å²) >= 11 is 0. The van der Waals surface area contributed by atoms with E-state index in [1.54, 1.807) is 0 Å². The van der Waals surface area contributed by atoms with E-state index in [0.29, 0.717) is 6.42 Å². The highest BCUT2D eigenvalue weighted by molar-refractivity contribution is 5.22. The van der Waals surface area contributed by atoms with E-state index in [1.807, 2.05) is 6.92 Å². The van der Waals surface area contributed by atoms with Crippen molar-refractivity contribution in [2.45, 2.75) is 32.6 Å². The van der Waals surface area contributed by atoms with Crippen LogP contribution < -0.4 is 0 Å². The third-order valence-electron chi connectivity index (χ3n) is 2.23. The molecule has 0 fully saturated rings. The highest BCUT2D eigenvalue weighted by Gasteiger charge is 2.18. The molecule has 0 saturated heterocycles. The van der Waals surface area contributed by atoms with Gasteiger partial charge in [-0.2, -0.15) is 0 Å². The van der Waals surface area contributed by atoms with Gasteiger partial charge in [0.05, 0.1) is 0 Å². The average molecular weight is 220 g/mol. The summed E-state index contributed by atoms with van der Waals surface area (Å²) in [5.41, 5.74) is -0.485. The summed E-state index contributed by atoms with van der Waals surface area (Å²) in [6.07, 6.45) is 2.20. The molecule has 0 N–H and O–H groups in total. The zero-order valence-corrected chi connectivity index (χ0v) is 8.42. The summed E-state index contributed by atoms with van der Waals surface area (Å²) in [6, 6.07) is 0.230. The zero-order valence-electron chi connectivity index (χ0n) is 8.42. The van der Waals surface area contributed by atoms with E-state index >= 15 is 0 Å². The lowest BCUT2D eigenvalue weighted by molar-refractivity contribution is 0.436. The minimum atomic E-state index is -1.33. The molecule has 4 heteroatoms. The molecule has 1 rings (SSSR count). The smallest absolute Gasteiger partial charge is 0.165 e. The van der Waals surface area contributed by atoms with Crippen LogP contribution in [0.1, 0.15) is 31.7 Å². The van der Waals surface area contributed by atoms with Gasteiger partial charge in [-0.05, 0) is 12.8 Å². The molecule has 84 valence electrons. The molecule has 0 amide bonds. The maximum atomic E-state index is 13.1. The van der Waals surface area contributed by atoms with E-state index in [0.717, 1.165) is 12.8 Å². The number of hydrogen-bond donors (Lipinski definition) is 0. The molecule has 0 aliphatic rings. The lowest BCUT2D eigenvalue weighted by atomic mass is 10.1. The van der Waals surface area contributed by atoms with Crippen molar-refractivity contribution in [2.75, 3.05) is 0 Å². The summed E-state index contributed by atoms with van der Waals surface area (Å²) in [6.45, 7) is 1.93. The van der Waals surface area contributed by atoms with Gasteiger partial charge in [-0.25, -0.2) is 17.6 Å². The Balaban J connectivity index is 2.94. The fourth-order valence-electron chi connectivity index (χ4n) is 1.39. The maximum absolute atomic E-state index is 13.1. The van der Waals surface area contributed by atoms with E-state index in [1.165, 1.54) is 0 Å². The van der Waals surface area contributed by atoms with Gasteiger partial charge in [0.1, 0.15) is 0 Å². The van der Waals surface area contributed by atoms with Crippen molar-refractivity contribution in [1.29, 1.82) is 0 Å². The van der Waals surface area contributed by atoms with E-state index in [9.17, 15) is 17.6 Å². The molecule has 0 aromatic heterocycles. The van der Waals surface area contributed by atoms with Gasteiger partial charge < -0.3 is 0 Å². The Hall–Kier alpha value is -1.06. The molecule has 1 aromatic carbocycles. The van der Waals surface area contributed by atoms with Gasteiger partial charge in [-0.15, -0.1) is 0 Å². The predicted octanol–water partition coefficient (Wildman–Crippen LogP) is 3.98. The molecule has 0 unspecified atom stereocenters. The van der Waals surface area contributed by atoms with Crippen LogP contribution in [-0.4, -0.2) is 0 Å². The van der Waals surface area contributed by atoms with Gasteiger partial charge in [0.15, 0.2) is 23.3 Å². The molecule has 0 nitrogen and oxygen atoms in total. The molecule has 0 heterocycles. The molecule has 0 aliphatic carbocycles. The minimum absolute atomic E-state index is 0.0280. The largest absolute Gasteiger partial charge is 0.204 e. The molecule has 0 radical (unpaired) electrons. The average Bonchev–Trinajstić information content (AvgIpc) is 2.20. The van der Waals surface area contributed by atoms with Gasteiger partial charge in [0, 0.05) is 11.6 Å². The van der Waals surface area contributed by atoms with E-state index < -0.39 is 28.8 Å². The zero-order chi connectivity index (χ0) is 11.4. The Morgan fingerprint density at radius 1 is 0.933 bits per heavy atom. The predicted molar refractivity (Wildman–Crippen MR) is 49.5 cm³/mol. The van der Waals surface area contributed by atoms with Gasteiger partial charge in [-0.3, -0.25) is 0 Å². The van der Waals surface area contributed by atoms with Gasteiger partial charge in [0.2, 0.25) is 0 Å². The van der Waals surface area contributed by atoms with Crippen LogP contribution in [0.2, 0.25) is 0 Å². The van der Waals surface area contributed by atoms with Gasteiger partial charge >= 0.3 is 0 Å². The van der Waals surface area contributed by atoms with Crippen LogP contribution >= 0.6 is 0 Å².